The molecule has 0 spiro atoms. The van der Waals surface area contributed by atoms with Crippen LogP contribution in [0.5, 0.6) is 0 Å². The number of ether oxygens (including phenoxy) is 1. The van der Waals surface area contributed by atoms with Crippen molar-refractivity contribution in [2.45, 2.75) is 108 Å². The summed E-state index contributed by atoms with van der Waals surface area (Å²) in [5, 5.41) is 15.0. The van der Waals surface area contributed by atoms with Gasteiger partial charge in [0.05, 0.1) is 34.9 Å². The lowest BCUT2D eigenvalue weighted by molar-refractivity contribution is -0.137. The normalized spacial score (nSPS) is 17.0. The number of hydrogen-bond acceptors (Lipinski definition) is 20. The minimum Gasteiger partial charge on any atom is -0.442 e. The van der Waals surface area contributed by atoms with Gasteiger partial charge >= 0.3 is 6.09 Å². The molecule has 5 amide bonds. The highest BCUT2D eigenvalue weighted by molar-refractivity contribution is 9.10. The number of alkyl halides is 2. The number of aromatic nitrogens is 10. The molecule has 2 fully saturated rings. The number of likely N-dealkylation sites (tertiary alicyclic amines) is 2. The Morgan fingerprint density at radius 3 is 1.46 bits per heavy atom. The molecule has 2 aliphatic rings. The second-order valence-electron chi connectivity index (χ2n) is 21.4. The van der Waals surface area contributed by atoms with E-state index < -0.39 is 80.3 Å². The number of Topliss-reactive ketones (excluding diaryl/α,β-unsaturated/α-hetero) is 2. The van der Waals surface area contributed by atoms with E-state index in [1.807, 2.05) is 0 Å². The Hall–Kier alpha value is -8.11. The van der Waals surface area contributed by atoms with Crippen molar-refractivity contribution >= 4 is 149 Å². The van der Waals surface area contributed by atoms with Crippen LogP contribution in [0.15, 0.2) is 121 Å². The van der Waals surface area contributed by atoms with Gasteiger partial charge in [0.2, 0.25) is 33.9 Å². The van der Waals surface area contributed by atoms with Crippen molar-refractivity contribution in [3.63, 3.8) is 0 Å². The standard InChI is InChI=1S/C31H32BrFN8O6S.C26H23BrFN7O4S.CH4.S2/c1-17(42)27-21-11-18(19-13-34-29(35-14-19)48(5,46)39-30(45)47-31(2,3)4)9-10-22(21)41(38-27)16-26(43)40-15-20(33)12-23(40)28(44)37-25-8-6-7-24(32)36-25;1-14(36)24-18-8-15(16-10-29-26(30-11-16)40(2)39)6-7-19(18)35(33-24)13-23(37)34-12-17(28)9-20(34)25(38)32-22-5-3-4-21(27)31-22;;1-2/h6-11,13-14,20,23H,12,15-16H2,1-5H3,(H,36,37,44);3-8,10-11,17,20H,9,12-13H2,1-2H3,(H,31,32,38);1H4;/t20-,23+,48?;17-,20+,40?;;/m11../s1. The summed E-state index contributed by atoms with van der Waals surface area (Å²) in [6.07, 6.45) is 4.56. The van der Waals surface area contributed by atoms with Gasteiger partial charge in [-0.3, -0.25) is 42.3 Å². The summed E-state index contributed by atoms with van der Waals surface area (Å²) in [6, 6.07) is 18.1. The lowest BCUT2D eigenvalue weighted by atomic mass is 10.0. The first-order chi connectivity index (χ1) is 42.6. The molecule has 6 aromatic heterocycles. The van der Waals surface area contributed by atoms with Gasteiger partial charge in [0.15, 0.2) is 11.6 Å². The van der Waals surface area contributed by atoms with Gasteiger partial charge < -0.3 is 25.2 Å². The molecule has 33 heteroatoms. The second-order valence-corrected chi connectivity index (χ2v) is 26.4. The Morgan fingerprint density at radius 1 is 0.681 bits per heavy atom. The number of rotatable bonds is 14. The highest BCUT2D eigenvalue weighted by Gasteiger charge is 2.42. The van der Waals surface area contributed by atoms with Gasteiger partial charge in [0.1, 0.15) is 85.1 Å². The molecule has 2 N–H and O–H groups in total. The van der Waals surface area contributed by atoms with Crippen LogP contribution in [0.25, 0.3) is 44.1 Å². The quantitative estimate of drug-likeness (QED) is 0.0584. The van der Waals surface area contributed by atoms with Crippen molar-refractivity contribution in [3.05, 3.63) is 118 Å². The summed E-state index contributed by atoms with van der Waals surface area (Å²) in [6.45, 7) is 6.56. The number of pyridine rings is 2. The molecule has 0 bridgehead atoms. The lowest BCUT2D eigenvalue weighted by Crippen LogP contribution is -2.44. The zero-order chi connectivity index (χ0) is 65.5. The third-order valence-corrected chi connectivity index (χ3v) is 16.6. The molecule has 2 aliphatic heterocycles. The molecule has 2 unspecified atom stereocenters. The van der Waals surface area contributed by atoms with E-state index in [4.69, 9.17) is 4.74 Å². The van der Waals surface area contributed by atoms with Gasteiger partial charge in [0.25, 0.3) is 0 Å². The zero-order valence-corrected chi connectivity index (χ0v) is 55.3. The molecule has 0 saturated carbocycles. The summed E-state index contributed by atoms with van der Waals surface area (Å²) < 4.78 is 66.2. The third-order valence-electron chi connectivity index (χ3n) is 13.6. The minimum atomic E-state index is -3.30. The van der Waals surface area contributed by atoms with Crippen LogP contribution < -0.4 is 10.6 Å². The molecule has 91 heavy (non-hydrogen) atoms. The second kappa shape index (κ2) is 29.9. The molecule has 0 radical (unpaired) electrons. The highest BCUT2D eigenvalue weighted by atomic mass is 79.9. The SMILES string of the molecule is C.CC(=O)c1nn(CC(=O)N2C[C@H](F)C[C@H]2C(=O)Nc2cccc(Br)n2)c2ccc(-c3cnc(S(C)(=O)=NC(=O)OC(C)(C)C)nc3)cc12.CC(=O)c1nn(CC(=O)N2C[C@H](F)C[C@H]2C(=O)Nc2cccc(Br)n2)c2ccc(-c3cnc(S(C)=O)nc3)cc12.S=S. The Balaban J connectivity index is 0.000000253. The summed E-state index contributed by atoms with van der Waals surface area (Å²) >= 11 is 13.8. The molecule has 10 rings (SSSR count). The Bertz CT molecular complexity index is 4280. The van der Waals surface area contributed by atoms with Crippen LogP contribution in [-0.4, -0.2) is 165 Å². The number of nitrogens with one attached hydrogen (secondary N) is 2. The van der Waals surface area contributed by atoms with Crippen LogP contribution in [0.1, 0.15) is 75.9 Å². The Labute approximate surface area is 549 Å². The van der Waals surface area contributed by atoms with E-state index in [1.165, 1.54) is 57.9 Å². The predicted molar refractivity (Wildman–Crippen MR) is 347 cm³/mol. The van der Waals surface area contributed by atoms with E-state index in [0.29, 0.717) is 53.3 Å². The lowest BCUT2D eigenvalue weighted by Gasteiger charge is -2.23. The predicted octanol–water partition coefficient (Wildman–Crippen LogP) is 8.62. The summed E-state index contributed by atoms with van der Waals surface area (Å²) in [5.74, 6) is -2.30. The molecule has 2 saturated heterocycles. The average molecular weight is 1450 g/mol. The molecule has 8 aromatic rings. The maximum Gasteiger partial charge on any atom is 0.442 e. The number of carbonyl (C=O) groups excluding carboxylic acids is 7. The first-order valence-electron chi connectivity index (χ1n) is 27.0. The van der Waals surface area contributed by atoms with Crippen molar-refractivity contribution in [2.24, 2.45) is 4.36 Å². The fourth-order valence-corrected chi connectivity index (χ4v) is 11.6. The van der Waals surface area contributed by atoms with Crippen LogP contribution in [0.3, 0.4) is 0 Å². The first kappa shape index (κ1) is 70.3. The van der Waals surface area contributed by atoms with Crippen LogP contribution in [0, 0.1) is 0 Å². The number of nitrogens with zero attached hydrogens (tertiary/aromatic N) is 13. The number of ketones is 2. The number of halogens is 4. The fraction of sp³-hybridized carbons (Fsp3) is 0.328. The van der Waals surface area contributed by atoms with E-state index in [2.05, 4.69) is 109 Å². The van der Waals surface area contributed by atoms with Crippen LogP contribution >= 0.6 is 31.9 Å². The molecular formula is C58H59Br2F2N15O10S4. The molecule has 6 atom stereocenters. The highest BCUT2D eigenvalue weighted by Crippen LogP contribution is 2.31. The molecular weight excluding hydrogens is 1390 g/mol. The van der Waals surface area contributed by atoms with Gasteiger partial charge in [-0.2, -0.15) is 10.2 Å². The van der Waals surface area contributed by atoms with E-state index in [0.717, 1.165) is 0 Å². The molecule has 2 aromatic carbocycles. The van der Waals surface area contributed by atoms with Crippen molar-refractivity contribution in [3.8, 4) is 22.3 Å². The monoisotopic (exact) mass is 1450 g/mol. The van der Waals surface area contributed by atoms with E-state index >= 15 is 0 Å². The number of anilines is 2. The minimum absolute atomic E-state index is 0. The van der Waals surface area contributed by atoms with Gasteiger partial charge in [0, 0.05) is 108 Å². The van der Waals surface area contributed by atoms with Gasteiger partial charge in [-0.1, -0.05) is 31.7 Å². The average Bonchev–Trinajstić information content (AvgIpc) is 1.67. The van der Waals surface area contributed by atoms with E-state index in [1.54, 1.807) is 106 Å². The molecule has 0 aliphatic carbocycles. The number of hydrogen-bond donors (Lipinski definition) is 2. The van der Waals surface area contributed by atoms with Gasteiger partial charge in [-0.15, -0.1) is 4.36 Å². The van der Waals surface area contributed by atoms with Crippen LogP contribution in [0.2, 0.25) is 0 Å². The van der Waals surface area contributed by atoms with E-state index in [9.17, 15) is 50.8 Å². The topological polar surface area (TPSA) is 319 Å². The summed E-state index contributed by atoms with van der Waals surface area (Å²) in [4.78, 5) is 117. The fourth-order valence-electron chi connectivity index (χ4n) is 9.65. The maximum absolute atomic E-state index is 14.5. The van der Waals surface area contributed by atoms with Crippen molar-refractivity contribution in [1.82, 2.24) is 59.3 Å². The van der Waals surface area contributed by atoms with Crippen LogP contribution in [0.4, 0.5) is 25.2 Å². The number of benzene rings is 2. The summed E-state index contributed by atoms with van der Waals surface area (Å²) in [5.41, 5.74) is 2.87. The first-order valence-corrected chi connectivity index (χ1v) is 33.4. The van der Waals surface area contributed by atoms with E-state index in [-0.39, 0.29) is 91.4 Å². The number of amides is 5. The van der Waals surface area contributed by atoms with Crippen molar-refractivity contribution in [2.75, 3.05) is 36.2 Å². The van der Waals surface area contributed by atoms with Crippen molar-refractivity contribution < 1.29 is 55.5 Å². The van der Waals surface area contributed by atoms with Gasteiger partial charge in [-0.25, -0.2) is 47.7 Å². The maximum atomic E-state index is 14.5. The molecule has 478 valence electrons. The third kappa shape index (κ3) is 17.3. The smallest absolute Gasteiger partial charge is 0.442 e. The number of fused-ring (bicyclic) bond motifs is 2. The number of carbonyl (C=O) groups is 7. The van der Waals surface area contributed by atoms with Crippen molar-refractivity contribution in [1.29, 1.82) is 0 Å². The molecule has 25 nitrogen and oxygen atoms in total. The Kier molecular flexibility index (Phi) is 23.1. The zero-order valence-electron chi connectivity index (χ0n) is 48.8. The largest absolute Gasteiger partial charge is 0.442 e. The summed E-state index contributed by atoms with van der Waals surface area (Å²) in [7, 11) is -4.62. The molecule has 8 heterocycles. The Morgan fingerprint density at radius 2 is 1.09 bits per heavy atom. The van der Waals surface area contributed by atoms with Gasteiger partial charge in [-0.05, 0) is 112 Å². The van der Waals surface area contributed by atoms with Crippen LogP contribution in [-0.2, 0) is 79.9 Å².